The number of benzene rings is 1. The summed E-state index contributed by atoms with van der Waals surface area (Å²) in [5.74, 6) is 0.276. The van der Waals surface area contributed by atoms with Gasteiger partial charge in [-0.3, -0.25) is 9.59 Å². The van der Waals surface area contributed by atoms with E-state index in [1.165, 1.54) is 18.3 Å². The number of amides is 1. The molecule has 2 aromatic rings. The van der Waals surface area contributed by atoms with E-state index >= 15 is 0 Å². The van der Waals surface area contributed by atoms with Gasteiger partial charge in [-0.1, -0.05) is 0 Å². The van der Waals surface area contributed by atoms with Crippen LogP contribution in [0.5, 0.6) is 5.75 Å². The predicted octanol–water partition coefficient (Wildman–Crippen LogP) is 2.00. The molecule has 1 aliphatic rings. The molecule has 0 unspecified atom stereocenters. The van der Waals surface area contributed by atoms with Crippen molar-refractivity contribution in [2.75, 3.05) is 18.1 Å². The molecule has 3 rings (SSSR count). The zero-order valence-corrected chi connectivity index (χ0v) is 16.7. The Balaban J connectivity index is 1.55. The van der Waals surface area contributed by atoms with E-state index in [9.17, 15) is 18.0 Å². The van der Waals surface area contributed by atoms with E-state index in [2.05, 4.69) is 10.3 Å². The maximum absolute atomic E-state index is 11.9. The maximum Gasteiger partial charge on any atom is 0.258 e. The summed E-state index contributed by atoms with van der Waals surface area (Å²) >= 11 is 1.35. The molecule has 144 valence electrons. The lowest BCUT2D eigenvalue weighted by molar-refractivity contribution is -0.123. The van der Waals surface area contributed by atoms with Gasteiger partial charge in [0.2, 0.25) is 0 Å². The van der Waals surface area contributed by atoms with Crippen LogP contribution in [0.15, 0.2) is 24.3 Å². The average Bonchev–Trinajstić information content (AvgIpc) is 3.15. The van der Waals surface area contributed by atoms with Gasteiger partial charge in [0.05, 0.1) is 22.1 Å². The normalized spacial score (nSPS) is 18.2. The van der Waals surface area contributed by atoms with Crippen molar-refractivity contribution in [1.82, 2.24) is 10.3 Å². The molecule has 7 nitrogen and oxygen atoms in total. The highest BCUT2D eigenvalue weighted by molar-refractivity contribution is 7.91. The lowest BCUT2D eigenvalue weighted by Crippen LogP contribution is -2.38. The summed E-state index contributed by atoms with van der Waals surface area (Å²) in [6.45, 7) is 3.15. The number of ether oxygens (including phenoxy) is 1. The number of carbonyl (C=O) groups excluding carboxylic acids is 2. The molecule has 1 aliphatic heterocycles. The topological polar surface area (TPSA) is 102 Å². The average molecular weight is 409 g/mol. The highest BCUT2D eigenvalue weighted by Gasteiger charge is 2.28. The van der Waals surface area contributed by atoms with Crippen LogP contribution in [0.4, 0.5) is 0 Å². The fraction of sp³-hybridized carbons (Fsp3) is 0.389. The monoisotopic (exact) mass is 408 g/mol. The SMILES string of the molecule is CC(=O)c1sc(-c2ccc(OCC(=O)N[C@H]3CCS(=O)(=O)C3)cc2)nc1C. The second kappa shape index (κ2) is 7.77. The fourth-order valence-corrected chi connectivity index (χ4v) is 5.51. The summed E-state index contributed by atoms with van der Waals surface area (Å²) < 4.78 is 28.3. The Kier molecular flexibility index (Phi) is 5.61. The van der Waals surface area contributed by atoms with Crippen molar-refractivity contribution in [3.8, 4) is 16.3 Å². The first-order chi connectivity index (χ1) is 12.7. The minimum absolute atomic E-state index is 0.00252. The van der Waals surface area contributed by atoms with E-state index in [1.807, 2.05) is 19.1 Å². The quantitative estimate of drug-likeness (QED) is 0.734. The molecule has 0 aliphatic carbocycles. The molecular formula is C18H20N2O5S2. The van der Waals surface area contributed by atoms with Gasteiger partial charge >= 0.3 is 0 Å². The number of Topliss-reactive ketones (excluding diaryl/α,β-unsaturated/α-hetero) is 1. The maximum atomic E-state index is 11.9. The number of thiazole rings is 1. The Bertz CT molecular complexity index is 964. The van der Waals surface area contributed by atoms with Crippen molar-refractivity contribution in [2.24, 2.45) is 0 Å². The van der Waals surface area contributed by atoms with Gasteiger partial charge in [0, 0.05) is 18.5 Å². The summed E-state index contributed by atoms with van der Waals surface area (Å²) in [5.41, 5.74) is 1.58. The van der Waals surface area contributed by atoms with E-state index in [0.717, 1.165) is 10.6 Å². The molecular weight excluding hydrogens is 388 g/mol. The van der Waals surface area contributed by atoms with Gasteiger partial charge in [0.25, 0.3) is 5.91 Å². The van der Waals surface area contributed by atoms with Crippen LogP contribution in [-0.4, -0.2) is 49.2 Å². The Morgan fingerprint density at radius 3 is 2.56 bits per heavy atom. The molecule has 1 atom stereocenters. The minimum Gasteiger partial charge on any atom is -0.484 e. The summed E-state index contributed by atoms with van der Waals surface area (Å²) in [6, 6.07) is 6.76. The first-order valence-electron chi connectivity index (χ1n) is 8.45. The largest absolute Gasteiger partial charge is 0.484 e. The van der Waals surface area contributed by atoms with Gasteiger partial charge in [-0.15, -0.1) is 11.3 Å². The van der Waals surface area contributed by atoms with Gasteiger partial charge in [-0.2, -0.15) is 0 Å². The van der Waals surface area contributed by atoms with Gasteiger partial charge in [-0.05, 0) is 37.6 Å². The van der Waals surface area contributed by atoms with Gasteiger partial charge in [-0.25, -0.2) is 13.4 Å². The molecule has 1 aromatic heterocycles. The highest BCUT2D eigenvalue weighted by Crippen LogP contribution is 2.29. The van der Waals surface area contributed by atoms with Crippen molar-refractivity contribution >= 4 is 32.9 Å². The van der Waals surface area contributed by atoms with Crippen LogP contribution in [0.25, 0.3) is 10.6 Å². The van der Waals surface area contributed by atoms with Crippen molar-refractivity contribution in [3.05, 3.63) is 34.8 Å². The molecule has 0 radical (unpaired) electrons. The van der Waals surface area contributed by atoms with Crippen LogP contribution < -0.4 is 10.1 Å². The number of carbonyl (C=O) groups is 2. The Morgan fingerprint density at radius 2 is 2.00 bits per heavy atom. The molecule has 0 spiro atoms. The standard InChI is InChI=1S/C18H20N2O5S2/c1-11-17(12(2)21)26-18(19-11)13-3-5-15(6-4-13)25-9-16(22)20-14-7-8-27(23,24)10-14/h3-6,14H,7-10H2,1-2H3,(H,20,22)/t14-/m0/s1. The van der Waals surface area contributed by atoms with Gasteiger partial charge in [0.1, 0.15) is 10.8 Å². The Labute approximate surface area is 161 Å². The number of ketones is 1. The first kappa shape index (κ1) is 19.5. The smallest absolute Gasteiger partial charge is 0.258 e. The first-order valence-corrected chi connectivity index (χ1v) is 11.1. The van der Waals surface area contributed by atoms with Crippen LogP contribution >= 0.6 is 11.3 Å². The lowest BCUT2D eigenvalue weighted by atomic mass is 10.2. The van der Waals surface area contributed by atoms with Gasteiger partial charge < -0.3 is 10.1 Å². The number of sulfone groups is 1. The molecule has 1 aromatic carbocycles. The lowest BCUT2D eigenvalue weighted by Gasteiger charge is -2.11. The van der Waals surface area contributed by atoms with Crippen LogP contribution in [-0.2, 0) is 14.6 Å². The molecule has 1 saturated heterocycles. The van der Waals surface area contributed by atoms with E-state index in [1.54, 1.807) is 12.1 Å². The summed E-state index contributed by atoms with van der Waals surface area (Å²) in [5, 5.41) is 3.43. The summed E-state index contributed by atoms with van der Waals surface area (Å²) in [7, 11) is -3.03. The second-order valence-corrected chi connectivity index (χ2v) is 9.70. The molecule has 27 heavy (non-hydrogen) atoms. The second-order valence-electron chi connectivity index (χ2n) is 6.47. The fourth-order valence-electron chi connectivity index (χ4n) is 2.87. The zero-order chi connectivity index (χ0) is 19.6. The predicted molar refractivity (Wildman–Crippen MR) is 103 cm³/mol. The molecule has 1 amide bonds. The third-order valence-electron chi connectivity index (χ3n) is 4.19. The molecule has 2 heterocycles. The number of rotatable bonds is 6. The Hall–Kier alpha value is -2.26. The number of nitrogens with zero attached hydrogens (tertiary/aromatic N) is 1. The molecule has 9 heteroatoms. The third kappa shape index (κ3) is 4.92. The highest BCUT2D eigenvalue weighted by atomic mass is 32.2. The van der Waals surface area contributed by atoms with Crippen LogP contribution in [0.1, 0.15) is 28.7 Å². The van der Waals surface area contributed by atoms with Crippen molar-refractivity contribution < 1.29 is 22.7 Å². The van der Waals surface area contributed by atoms with Crippen LogP contribution in [0, 0.1) is 6.92 Å². The molecule has 0 saturated carbocycles. The molecule has 1 fully saturated rings. The third-order valence-corrected chi connectivity index (χ3v) is 7.26. The Morgan fingerprint density at radius 1 is 1.30 bits per heavy atom. The van der Waals surface area contributed by atoms with E-state index in [4.69, 9.17) is 4.74 Å². The van der Waals surface area contributed by atoms with Crippen molar-refractivity contribution in [2.45, 2.75) is 26.3 Å². The number of hydrogen-bond donors (Lipinski definition) is 1. The summed E-state index contributed by atoms with van der Waals surface area (Å²) in [6.07, 6.45) is 0.443. The molecule has 0 bridgehead atoms. The number of aromatic nitrogens is 1. The van der Waals surface area contributed by atoms with Crippen molar-refractivity contribution in [3.63, 3.8) is 0 Å². The van der Waals surface area contributed by atoms with Gasteiger partial charge in [0.15, 0.2) is 22.2 Å². The molecule has 1 N–H and O–H groups in total. The number of aryl methyl sites for hydroxylation is 1. The van der Waals surface area contributed by atoms with Crippen LogP contribution in [0.3, 0.4) is 0 Å². The summed E-state index contributed by atoms with van der Waals surface area (Å²) in [4.78, 5) is 28.5. The number of nitrogens with one attached hydrogen (secondary N) is 1. The number of hydrogen-bond acceptors (Lipinski definition) is 7. The zero-order valence-electron chi connectivity index (χ0n) is 15.0. The van der Waals surface area contributed by atoms with E-state index in [0.29, 0.717) is 22.7 Å². The van der Waals surface area contributed by atoms with Crippen LogP contribution in [0.2, 0.25) is 0 Å². The minimum atomic E-state index is -3.03. The van der Waals surface area contributed by atoms with E-state index in [-0.39, 0.29) is 35.8 Å². The van der Waals surface area contributed by atoms with Crippen molar-refractivity contribution in [1.29, 1.82) is 0 Å². The van der Waals surface area contributed by atoms with E-state index < -0.39 is 9.84 Å².